The Balaban J connectivity index is 3.14. The lowest BCUT2D eigenvalue weighted by molar-refractivity contribution is -0.114. The Morgan fingerprint density at radius 1 is 1.41 bits per heavy atom. The third-order valence-corrected chi connectivity index (χ3v) is 2.64. The van der Waals surface area contributed by atoms with Crippen LogP contribution in [-0.4, -0.2) is 12.5 Å². The van der Waals surface area contributed by atoms with Gasteiger partial charge in [-0.15, -0.1) is 0 Å². The Morgan fingerprint density at radius 2 is 2.06 bits per heavy atom. The zero-order valence-corrected chi connectivity index (χ0v) is 10.4. The van der Waals surface area contributed by atoms with Gasteiger partial charge in [0.15, 0.2) is 0 Å². The molecule has 0 saturated heterocycles. The van der Waals surface area contributed by atoms with Gasteiger partial charge in [0.05, 0.1) is 6.07 Å². The number of anilines is 1. The van der Waals surface area contributed by atoms with E-state index in [1.165, 1.54) is 4.90 Å². The van der Waals surface area contributed by atoms with Crippen molar-refractivity contribution in [3.05, 3.63) is 41.5 Å². The van der Waals surface area contributed by atoms with Crippen molar-refractivity contribution in [2.24, 2.45) is 0 Å². The van der Waals surface area contributed by atoms with Gasteiger partial charge in [0.25, 0.3) is 5.91 Å². The fraction of sp³-hybridized carbons (Fsp3) is 0.286. The molecular formula is C14H16N2O. The van der Waals surface area contributed by atoms with Crippen LogP contribution in [0, 0.1) is 25.2 Å². The van der Waals surface area contributed by atoms with Crippen LogP contribution in [0.15, 0.2) is 30.4 Å². The highest BCUT2D eigenvalue weighted by Crippen LogP contribution is 2.20. The topological polar surface area (TPSA) is 44.1 Å². The Hall–Kier alpha value is -2.08. The second-order valence-corrected chi connectivity index (χ2v) is 4.10. The summed E-state index contributed by atoms with van der Waals surface area (Å²) >= 11 is 0. The lowest BCUT2D eigenvalue weighted by Gasteiger charge is -2.20. The second kappa shape index (κ2) is 5.31. The van der Waals surface area contributed by atoms with Crippen molar-refractivity contribution >= 4 is 11.6 Å². The van der Waals surface area contributed by atoms with Crippen molar-refractivity contribution < 1.29 is 4.79 Å². The molecule has 0 radical (unpaired) electrons. The van der Waals surface area contributed by atoms with Gasteiger partial charge in [0.2, 0.25) is 0 Å². The van der Waals surface area contributed by atoms with Crippen molar-refractivity contribution in [1.29, 1.82) is 5.26 Å². The minimum absolute atomic E-state index is 0.0359. The van der Waals surface area contributed by atoms with E-state index in [4.69, 9.17) is 5.26 Å². The van der Waals surface area contributed by atoms with Gasteiger partial charge >= 0.3 is 0 Å². The molecule has 0 aliphatic heterocycles. The number of hydrogen-bond acceptors (Lipinski definition) is 2. The summed E-state index contributed by atoms with van der Waals surface area (Å²) in [6.07, 6.45) is 0. The van der Waals surface area contributed by atoms with E-state index >= 15 is 0 Å². The van der Waals surface area contributed by atoms with Crippen LogP contribution in [0.4, 0.5) is 5.69 Å². The van der Waals surface area contributed by atoms with Gasteiger partial charge in [0, 0.05) is 11.3 Å². The average Bonchev–Trinajstić information content (AvgIpc) is 2.29. The largest absolute Gasteiger partial charge is 0.295 e. The maximum atomic E-state index is 11.9. The lowest BCUT2D eigenvalue weighted by Crippen LogP contribution is -2.31. The number of rotatable bonds is 3. The monoisotopic (exact) mass is 228 g/mol. The van der Waals surface area contributed by atoms with Gasteiger partial charge in [-0.3, -0.25) is 9.69 Å². The molecule has 0 bridgehead atoms. The van der Waals surface area contributed by atoms with E-state index in [-0.39, 0.29) is 12.5 Å². The summed E-state index contributed by atoms with van der Waals surface area (Å²) in [5, 5.41) is 8.78. The van der Waals surface area contributed by atoms with E-state index in [0.717, 1.165) is 16.8 Å². The molecule has 1 aromatic rings. The summed E-state index contributed by atoms with van der Waals surface area (Å²) in [6.45, 7) is 9.29. The van der Waals surface area contributed by atoms with Gasteiger partial charge in [-0.1, -0.05) is 12.6 Å². The maximum absolute atomic E-state index is 11.9. The number of aryl methyl sites for hydroxylation is 2. The highest BCUT2D eigenvalue weighted by atomic mass is 16.2. The Kier molecular flexibility index (Phi) is 4.06. The molecular weight excluding hydrogens is 212 g/mol. The standard InChI is InChI=1S/C14H16N2O/c1-10(2)14(17)16(8-7-15)13-6-5-11(3)12(4)9-13/h5-6,9H,1,8H2,2-4H3. The molecule has 3 heteroatoms. The second-order valence-electron chi connectivity index (χ2n) is 4.10. The van der Waals surface area contributed by atoms with Gasteiger partial charge in [-0.25, -0.2) is 0 Å². The quantitative estimate of drug-likeness (QED) is 0.589. The fourth-order valence-corrected chi connectivity index (χ4v) is 1.47. The smallest absolute Gasteiger partial charge is 0.254 e. The Morgan fingerprint density at radius 3 is 2.53 bits per heavy atom. The van der Waals surface area contributed by atoms with Crippen molar-refractivity contribution in [2.75, 3.05) is 11.4 Å². The normalized spacial score (nSPS) is 9.53. The van der Waals surface area contributed by atoms with E-state index in [9.17, 15) is 4.79 Å². The molecule has 0 aliphatic rings. The molecule has 0 fully saturated rings. The fourth-order valence-electron chi connectivity index (χ4n) is 1.47. The molecule has 0 spiro atoms. The summed E-state index contributed by atoms with van der Waals surface area (Å²) in [6, 6.07) is 7.70. The third kappa shape index (κ3) is 2.94. The van der Waals surface area contributed by atoms with Crippen LogP contribution in [0.5, 0.6) is 0 Å². The van der Waals surface area contributed by atoms with Crippen LogP contribution >= 0.6 is 0 Å². The first-order valence-electron chi connectivity index (χ1n) is 5.39. The Bertz CT molecular complexity index is 497. The van der Waals surface area contributed by atoms with Gasteiger partial charge in [0.1, 0.15) is 6.54 Å². The van der Waals surface area contributed by atoms with Crippen LogP contribution < -0.4 is 4.90 Å². The molecule has 0 heterocycles. The summed E-state index contributed by atoms with van der Waals surface area (Å²) in [5.74, 6) is -0.213. The van der Waals surface area contributed by atoms with Crippen molar-refractivity contribution in [1.82, 2.24) is 0 Å². The molecule has 0 N–H and O–H groups in total. The minimum atomic E-state index is -0.213. The molecule has 0 unspecified atom stereocenters. The SMILES string of the molecule is C=C(C)C(=O)N(CC#N)c1ccc(C)c(C)c1. The summed E-state index contributed by atoms with van der Waals surface area (Å²) < 4.78 is 0. The predicted octanol–water partition coefficient (Wildman–Crippen LogP) is 2.74. The first-order valence-corrected chi connectivity index (χ1v) is 5.39. The van der Waals surface area contributed by atoms with E-state index in [1.807, 2.05) is 38.1 Å². The zero-order valence-electron chi connectivity index (χ0n) is 10.4. The molecule has 1 amide bonds. The van der Waals surface area contributed by atoms with Crippen molar-refractivity contribution in [2.45, 2.75) is 20.8 Å². The average molecular weight is 228 g/mol. The van der Waals surface area contributed by atoms with Crippen LogP contribution in [0.3, 0.4) is 0 Å². The minimum Gasteiger partial charge on any atom is -0.295 e. The zero-order chi connectivity index (χ0) is 13.0. The first kappa shape index (κ1) is 13.0. The predicted molar refractivity (Wildman–Crippen MR) is 68.7 cm³/mol. The number of nitrogens with zero attached hydrogens (tertiary/aromatic N) is 2. The molecule has 0 saturated carbocycles. The number of benzene rings is 1. The number of nitriles is 1. The van der Waals surface area contributed by atoms with Crippen molar-refractivity contribution in [3.8, 4) is 6.07 Å². The summed E-state index contributed by atoms with van der Waals surface area (Å²) in [5.41, 5.74) is 3.43. The molecule has 1 aromatic carbocycles. The summed E-state index contributed by atoms with van der Waals surface area (Å²) in [7, 11) is 0. The highest BCUT2D eigenvalue weighted by Gasteiger charge is 2.16. The van der Waals surface area contributed by atoms with Gasteiger partial charge in [-0.05, 0) is 44.0 Å². The number of hydrogen-bond donors (Lipinski definition) is 0. The Labute approximate surface area is 102 Å². The molecule has 0 aliphatic carbocycles. The van der Waals surface area contributed by atoms with Gasteiger partial charge < -0.3 is 0 Å². The molecule has 88 valence electrons. The summed E-state index contributed by atoms with van der Waals surface area (Å²) in [4.78, 5) is 13.3. The van der Waals surface area contributed by atoms with E-state index < -0.39 is 0 Å². The highest BCUT2D eigenvalue weighted by molar-refractivity contribution is 6.05. The third-order valence-electron chi connectivity index (χ3n) is 2.64. The van der Waals surface area contributed by atoms with E-state index in [1.54, 1.807) is 6.92 Å². The molecule has 17 heavy (non-hydrogen) atoms. The van der Waals surface area contributed by atoms with Crippen LogP contribution in [0.25, 0.3) is 0 Å². The van der Waals surface area contributed by atoms with E-state index in [2.05, 4.69) is 6.58 Å². The maximum Gasteiger partial charge on any atom is 0.254 e. The van der Waals surface area contributed by atoms with Crippen molar-refractivity contribution in [3.63, 3.8) is 0 Å². The van der Waals surface area contributed by atoms with Crippen LogP contribution in [0.2, 0.25) is 0 Å². The van der Waals surface area contributed by atoms with Crippen LogP contribution in [0.1, 0.15) is 18.1 Å². The van der Waals surface area contributed by atoms with Crippen LogP contribution in [-0.2, 0) is 4.79 Å². The number of carbonyl (C=O) groups is 1. The van der Waals surface area contributed by atoms with E-state index in [0.29, 0.717) is 5.57 Å². The number of amides is 1. The first-order chi connectivity index (χ1) is 7.97. The molecule has 3 nitrogen and oxygen atoms in total. The molecule has 1 rings (SSSR count). The molecule has 0 atom stereocenters. The number of carbonyl (C=O) groups excluding carboxylic acids is 1. The van der Waals surface area contributed by atoms with Gasteiger partial charge in [-0.2, -0.15) is 5.26 Å². The molecule has 0 aromatic heterocycles. The lowest BCUT2D eigenvalue weighted by atomic mass is 10.1.